The molecule has 0 aliphatic rings. The van der Waals surface area contributed by atoms with Gasteiger partial charge in [-0.2, -0.15) is 0 Å². The highest BCUT2D eigenvalue weighted by Gasteiger charge is 2.08. The maximum absolute atomic E-state index is 5.63. The van der Waals surface area contributed by atoms with Crippen LogP contribution in [0.4, 0.5) is 5.82 Å². The Bertz CT molecular complexity index is 273. The Balaban J connectivity index is 2.75. The van der Waals surface area contributed by atoms with Crippen molar-refractivity contribution in [1.29, 1.82) is 0 Å². The third-order valence-electron chi connectivity index (χ3n) is 2.44. The highest BCUT2D eigenvalue weighted by molar-refractivity contribution is 6.16. The number of rotatable bonds is 4. The Labute approximate surface area is 90.1 Å². The second-order valence-corrected chi connectivity index (χ2v) is 3.64. The van der Waals surface area contributed by atoms with Crippen LogP contribution in [0.15, 0.2) is 12.4 Å². The van der Waals surface area contributed by atoms with E-state index in [4.69, 9.17) is 11.6 Å². The summed E-state index contributed by atoms with van der Waals surface area (Å²) in [7, 11) is 2.03. The fraction of sp³-hybridized carbons (Fsp3) is 0.600. The molecule has 1 unspecified atom stereocenters. The van der Waals surface area contributed by atoms with E-state index < -0.39 is 0 Å². The third-order valence-corrected chi connectivity index (χ3v) is 2.72. The van der Waals surface area contributed by atoms with E-state index >= 15 is 0 Å². The van der Waals surface area contributed by atoms with Crippen LogP contribution in [0.1, 0.15) is 26.0 Å². The first-order chi connectivity index (χ1) is 6.69. The number of hydrogen-bond acceptors (Lipinski definition) is 3. The standard InChI is InChI=1S/C10H16ClN3/c1-4-8(2)14(3)10-7-12-9(5-11)6-13-10/h6-8H,4-5H2,1-3H3. The molecule has 0 fully saturated rings. The van der Waals surface area contributed by atoms with Crippen LogP contribution in [0.3, 0.4) is 0 Å². The van der Waals surface area contributed by atoms with Crippen molar-refractivity contribution in [2.24, 2.45) is 0 Å². The molecule has 0 N–H and O–H groups in total. The summed E-state index contributed by atoms with van der Waals surface area (Å²) in [5.41, 5.74) is 0.813. The van der Waals surface area contributed by atoms with Crippen LogP contribution in [0.5, 0.6) is 0 Å². The van der Waals surface area contributed by atoms with E-state index in [0.717, 1.165) is 17.9 Å². The van der Waals surface area contributed by atoms with Crippen LogP contribution in [0, 0.1) is 0 Å². The van der Waals surface area contributed by atoms with Gasteiger partial charge in [-0.3, -0.25) is 4.98 Å². The van der Waals surface area contributed by atoms with E-state index in [1.54, 1.807) is 12.4 Å². The molecule has 1 heterocycles. The average molecular weight is 214 g/mol. The van der Waals surface area contributed by atoms with Crippen LogP contribution in [-0.4, -0.2) is 23.1 Å². The monoisotopic (exact) mass is 213 g/mol. The second-order valence-electron chi connectivity index (χ2n) is 3.37. The number of aromatic nitrogens is 2. The molecule has 3 nitrogen and oxygen atoms in total. The van der Waals surface area contributed by atoms with Gasteiger partial charge in [-0.1, -0.05) is 6.92 Å². The molecule has 0 amide bonds. The number of anilines is 1. The van der Waals surface area contributed by atoms with E-state index in [2.05, 4.69) is 28.7 Å². The molecular weight excluding hydrogens is 198 g/mol. The molecule has 14 heavy (non-hydrogen) atoms. The van der Waals surface area contributed by atoms with Gasteiger partial charge in [0.15, 0.2) is 0 Å². The molecule has 0 spiro atoms. The fourth-order valence-electron chi connectivity index (χ4n) is 1.10. The number of hydrogen-bond donors (Lipinski definition) is 0. The van der Waals surface area contributed by atoms with Crippen LogP contribution in [0.2, 0.25) is 0 Å². The average Bonchev–Trinajstić information content (AvgIpc) is 2.27. The minimum absolute atomic E-state index is 0.417. The van der Waals surface area contributed by atoms with Crippen molar-refractivity contribution in [3.8, 4) is 0 Å². The molecule has 78 valence electrons. The van der Waals surface area contributed by atoms with Gasteiger partial charge >= 0.3 is 0 Å². The minimum Gasteiger partial charge on any atom is -0.356 e. The van der Waals surface area contributed by atoms with Gasteiger partial charge in [0, 0.05) is 13.1 Å². The van der Waals surface area contributed by atoms with Gasteiger partial charge in [0.1, 0.15) is 5.82 Å². The zero-order valence-corrected chi connectivity index (χ0v) is 9.62. The molecular formula is C10H16ClN3. The summed E-state index contributed by atoms with van der Waals surface area (Å²) in [4.78, 5) is 10.6. The lowest BCUT2D eigenvalue weighted by molar-refractivity contribution is 0.655. The first-order valence-corrected chi connectivity index (χ1v) is 5.32. The van der Waals surface area contributed by atoms with Crippen LogP contribution < -0.4 is 4.90 Å². The van der Waals surface area contributed by atoms with Crippen molar-refractivity contribution in [2.75, 3.05) is 11.9 Å². The van der Waals surface area contributed by atoms with Gasteiger partial charge in [0.25, 0.3) is 0 Å². The minimum atomic E-state index is 0.417. The second kappa shape index (κ2) is 5.15. The summed E-state index contributed by atoms with van der Waals surface area (Å²) in [5, 5.41) is 0. The molecule has 0 aromatic carbocycles. The molecule has 0 aliphatic heterocycles. The summed E-state index contributed by atoms with van der Waals surface area (Å²) < 4.78 is 0. The van der Waals surface area contributed by atoms with E-state index in [9.17, 15) is 0 Å². The van der Waals surface area contributed by atoms with Gasteiger partial charge < -0.3 is 4.90 Å². The molecule has 1 aromatic rings. The Morgan fingerprint density at radius 3 is 2.57 bits per heavy atom. The molecule has 0 radical (unpaired) electrons. The molecule has 1 aromatic heterocycles. The summed E-state index contributed by atoms with van der Waals surface area (Å²) in [5.74, 6) is 1.31. The lowest BCUT2D eigenvalue weighted by atomic mass is 10.2. The molecule has 0 bridgehead atoms. The summed E-state index contributed by atoms with van der Waals surface area (Å²) in [6.45, 7) is 4.32. The van der Waals surface area contributed by atoms with Gasteiger partial charge in [-0.15, -0.1) is 11.6 Å². The molecule has 0 aliphatic carbocycles. The zero-order chi connectivity index (χ0) is 10.6. The van der Waals surface area contributed by atoms with Crippen LogP contribution >= 0.6 is 11.6 Å². The topological polar surface area (TPSA) is 29.0 Å². The zero-order valence-electron chi connectivity index (χ0n) is 8.87. The normalized spacial score (nSPS) is 12.6. The quantitative estimate of drug-likeness (QED) is 0.720. The largest absolute Gasteiger partial charge is 0.356 e. The Hall–Kier alpha value is -0.830. The Kier molecular flexibility index (Phi) is 4.14. The maximum atomic E-state index is 5.63. The van der Waals surface area contributed by atoms with E-state index in [1.165, 1.54) is 0 Å². The van der Waals surface area contributed by atoms with Gasteiger partial charge in [0.2, 0.25) is 0 Å². The van der Waals surface area contributed by atoms with Gasteiger partial charge in [0.05, 0.1) is 24.0 Å². The highest BCUT2D eigenvalue weighted by atomic mass is 35.5. The molecule has 0 saturated carbocycles. The molecule has 1 rings (SSSR count). The summed E-state index contributed by atoms with van der Waals surface area (Å²) in [6.07, 6.45) is 4.58. The van der Waals surface area contributed by atoms with Crippen molar-refractivity contribution in [3.05, 3.63) is 18.1 Å². The van der Waals surface area contributed by atoms with Crippen molar-refractivity contribution >= 4 is 17.4 Å². The summed E-state index contributed by atoms with van der Waals surface area (Å²) in [6, 6.07) is 0.478. The van der Waals surface area contributed by atoms with Crippen molar-refractivity contribution in [2.45, 2.75) is 32.2 Å². The van der Waals surface area contributed by atoms with E-state index in [1.807, 2.05) is 7.05 Å². The number of halogens is 1. The first-order valence-electron chi connectivity index (χ1n) is 4.78. The SMILES string of the molecule is CCC(C)N(C)c1cnc(CCl)cn1. The van der Waals surface area contributed by atoms with E-state index in [0.29, 0.717) is 11.9 Å². The predicted octanol–water partition coefficient (Wildman–Crippen LogP) is 2.45. The van der Waals surface area contributed by atoms with Crippen LogP contribution in [0.25, 0.3) is 0 Å². The molecule has 0 saturated heterocycles. The lowest BCUT2D eigenvalue weighted by Crippen LogP contribution is -2.28. The highest BCUT2D eigenvalue weighted by Crippen LogP contribution is 2.12. The fourth-order valence-corrected chi connectivity index (χ4v) is 1.24. The Morgan fingerprint density at radius 2 is 2.14 bits per heavy atom. The smallest absolute Gasteiger partial charge is 0.147 e. The van der Waals surface area contributed by atoms with Gasteiger partial charge in [-0.25, -0.2) is 4.98 Å². The third kappa shape index (κ3) is 2.58. The van der Waals surface area contributed by atoms with Crippen LogP contribution in [-0.2, 0) is 5.88 Å². The Morgan fingerprint density at radius 1 is 1.43 bits per heavy atom. The predicted molar refractivity (Wildman–Crippen MR) is 59.7 cm³/mol. The molecule has 4 heteroatoms. The molecule has 1 atom stereocenters. The summed E-state index contributed by atoms with van der Waals surface area (Å²) >= 11 is 5.63. The van der Waals surface area contributed by atoms with Crippen molar-refractivity contribution in [1.82, 2.24) is 9.97 Å². The van der Waals surface area contributed by atoms with Crippen molar-refractivity contribution < 1.29 is 0 Å². The maximum Gasteiger partial charge on any atom is 0.147 e. The number of alkyl halides is 1. The van der Waals surface area contributed by atoms with Gasteiger partial charge in [-0.05, 0) is 13.3 Å². The lowest BCUT2D eigenvalue weighted by Gasteiger charge is -2.24. The van der Waals surface area contributed by atoms with E-state index in [-0.39, 0.29) is 0 Å². The van der Waals surface area contributed by atoms with Crippen molar-refractivity contribution in [3.63, 3.8) is 0 Å². The first kappa shape index (κ1) is 11.2. The number of nitrogens with zero attached hydrogens (tertiary/aromatic N) is 3.